The minimum absolute atomic E-state index is 0.154. The Labute approximate surface area is 151 Å². The zero-order chi connectivity index (χ0) is 18.1. The molecule has 0 bridgehead atoms. The molecule has 1 aromatic carbocycles. The van der Waals surface area contributed by atoms with Crippen molar-refractivity contribution in [1.29, 1.82) is 0 Å². The van der Waals surface area contributed by atoms with E-state index in [4.69, 9.17) is 23.9 Å². The maximum absolute atomic E-state index is 9.81. The molecule has 0 unspecified atom stereocenters. The fourth-order valence-corrected chi connectivity index (χ4v) is 3.06. The highest BCUT2D eigenvalue weighted by Crippen LogP contribution is 2.41. The Morgan fingerprint density at radius 3 is 2.62 bits per heavy atom. The minimum Gasteiger partial charge on any atom is -0.508 e. The minimum atomic E-state index is -0.598. The van der Waals surface area contributed by atoms with Gasteiger partial charge < -0.3 is 29.0 Å². The van der Waals surface area contributed by atoms with Gasteiger partial charge in [-0.3, -0.25) is 0 Å². The Kier molecular flexibility index (Phi) is 4.62. The van der Waals surface area contributed by atoms with Crippen molar-refractivity contribution in [3.8, 4) is 22.9 Å². The Morgan fingerprint density at radius 1 is 1.19 bits per heavy atom. The number of rotatable bonds is 4. The number of ether oxygens (including phenoxy) is 4. The van der Waals surface area contributed by atoms with E-state index in [9.17, 15) is 5.11 Å². The average Bonchev–Trinajstić information content (AvgIpc) is 2.65. The number of hydrogen-bond donors (Lipinski definition) is 1. The molecule has 0 saturated carbocycles. The van der Waals surface area contributed by atoms with E-state index >= 15 is 0 Å². The molecule has 138 valence electrons. The number of nitrogens with zero attached hydrogens (tertiary/aromatic N) is 3. The molecule has 0 atom stereocenters. The fourth-order valence-electron chi connectivity index (χ4n) is 3.06. The van der Waals surface area contributed by atoms with Crippen LogP contribution in [0.1, 0.15) is 18.9 Å². The topological polar surface area (TPSA) is 86.2 Å². The second-order valence-corrected chi connectivity index (χ2v) is 6.11. The highest BCUT2D eigenvalue weighted by atomic mass is 16.9. The van der Waals surface area contributed by atoms with E-state index in [1.807, 2.05) is 13.0 Å². The van der Waals surface area contributed by atoms with Gasteiger partial charge >= 0.3 is 0 Å². The number of aromatic hydroxyl groups is 1. The summed E-state index contributed by atoms with van der Waals surface area (Å²) < 4.78 is 22.3. The predicted molar refractivity (Wildman–Crippen MR) is 93.1 cm³/mol. The Morgan fingerprint density at radius 2 is 1.96 bits per heavy atom. The van der Waals surface area contributed by atoms with Gasteiger partial charge in [-0.15, -0.1) is 0 Å². The van der Waals surface area contributed by atoms with E-state index in [1.165, 1.54) is 0 Å². The van der Waals surface area contributed by atoms with Crippen LogP contribution < -0.4 is 9.64 Å². The molecular formula is C18H21N3O5. The van der Waals surface area contributed by atoms with Gasteiger partial charge in [0.2, 0.25) is 6.29 Å². The number of phenols is 1. The number of methoxy groups -OCH3 is 1. The quantitative estimate of drug-likeness (QED) is 0.888. The molecule has 3 heterocycles. The molecule has 26 heavy (non-hydrogen) atoms. The summed E-state index contributed by atoms with van der Waals surface area (Å²) in [5, 5.41) is 9.81. The summed E-state index contributed by atoms with van der Waals surface area (Å²) in [4.78, 5) is 11.4. The van der Waals surface area contributed by atoms with Gasteiger partial charge in [-0.05, 0) is 19.1 Å². The van der Waals surface area contributed by atoms with Crippen molar-refractivity contribution in [2.24, 2.45) is 0 Å². The van der Waals surface area contributed by atoms with Gasteiger partial charge in [0.25, 0.3) is 0 Å². The molecule has 0 spiro atoms. The normalized spacial score (nSPS) is 22.8. The van der Waals surface area contributed by atoms with E-state index in [0.717, 1.165) is 0 Å². The fraction of sp³-hybridized carbons (Fsp3) is 0.444. The summed E-state index contributed by atoms with van der Waals surface area (Å²) in [6, 6.07) is 6.83. The molecule has 2 aromatic rings. The highest BCUT2D eigenvalue weighted by Gasteiger charge is 2.35. The Bertz CT molecular complexity index is 788. The van der Waals surface area contributed by atoms with Crippen molar-refractivity contribution in [3.63, 3.8) is 0 Å². The molecule has 1 aromatic heterocycles. The molecule has 2 aliphatic heterocycles. The van der Waals surface area contributed by atoms with Crippen LogP contribution in [0.5, 0.6) is 11.5 Å². The van der Waals surface area contributed by atoms with Crippen LogP contribution in [0.4, 0.5) is 5.82 Å². The lowest BCUT2D eigenvalue weighted by Gasteiger charge is -2.35. The molecule has 4 rings (SSSR count). The molecule has 2 aliphatic rings. The zero-order valence-corrected chi connectivity index (χ0v) is 14.7. The van der Waals surface area contributed by atoms with Gasteiger partial charge in [0.1, 0.15) is 11.4 Å². The summed E-state index contributed by atoms with van der Waals surface area (Å²) in [5.41, 5.74) is 1.25. The van der Waals surface area contributed by atoms with Crippen molar-refractivity contribution in [3.05, 3.63) is 30.0 Å². The van der Waals surface area contributed by atoms with Crippen LogP contribution in [-0.2, 0) is 14.2 Å². The van der Waals surface area contributed by atoms with Crippen molar-refractivity contribution in [2.45, 2.75) is 19.5 Å². The van der Waals surface area contributed by atoms with Crippen molar-refractivity contribution < 1.29 is 24.1 Å². The first-order valence-electron chi connectivity index (χ1n) is 8.54. The summed E-state index contributed by atoms with van der Waals surface area (Å²) in [5.74, 6) is 1.84. The second kappa shape index (κ2) is 7.06. The van der Waals surface area contributed by atoms with E-state index in [1.54, 1.807) is 25.3 Å². The van der Waals surface area contributed by atoms with Crippen LogP contribution in [0.2, 0.25) is 0 Å². The van der Waals surface area contributed by atoms with E-state index in [0.29, 0.717) is 55.0 Å². The van der Waals surface area contributed by atoms with Crippen LogP contribution in [-0.4, -0.2) is 54.8 Å². The predicted octanol–water partition coefficient (Wildman–Crippen LogP) is 2.09. The number of hydrogen-bond acceptors (Lipinski definition) is 8. The number of morpholine rings is 1. The largest absolute Gasteiger partial charge is 0.508 e. The summed E-state index contributed by atoms with van der Waals surface area (Å²) in [6.45, 7) is 4.47. The van der Waals surface area contributed by atoms with Gasteiger partial charge in [-0.1, -0.05) is 12.1 Å². The van der Waals surface area contributed by atoms with Crippen molar-refractivity contribution in [2.75, 3.05) is 38.3 Å². The molecule has 8 nitrogen and oxygen atoms in total. The van der Waals surface area contributed by atoms with Crippen LogP contribution in [0, 0.1) is 0 Å². The van der Waals surface area contributed by atoms with Crippen molar-refractivity contribution >= 4 is 5.82 Å². The van der Waals surface area contributed by atoms with Gasteiger partial charge in [0.05, 0.1) is 20.3 Å². The smallest absolute Gasteiger partial charge is 0.210 e. The first-order chi connectivity index (χ1) is 12.7. The Balaban J connectivity index is 1.82. The van der Waals surface area contributed by atoms with E-state index < -0.39 is 6.29 Å². The van der Waals surface area contributed by atoms with Crippen molar-refractivity contribution in [1.82, 2.24) is 9.97 Å². The van der Waals surface area contributed by atoms with E-state index in [-0.39, 0.29) is 12.0 Å². The molecule has 2 saturated heterocycles. The van der Waals surface area contributed by atoms with Crippen LogP contribution >= 0.6 is 0 Å². The molecule has 2 fully saturated rings. The van der Waals surface area contributed by atoms with E-state index in [2.05, 4.69) is 9.88 Å². The third-order valence-electron chi connectivity index (χ3n) is 4.35. The zero-order valence-electron chi connectivity index (χ0n) is 14.7. The SMILES string of the molecule is COc1c(C2OC(C)O2)nc(-c2cccc(O)c2)nc1N1CCOCC1. The first-order valence-corrected chi connectivity index (χ1v) is 8.54. The van der Waals surface area contributed by atoms with Gasteiger partial charge in [0, 0.05) is 18.7 Å². The lowest BCUT2D eigenvalue weighted by atomic mass is 10.2. The summed E-state index contributed by atoms with van der Waals surface area (Å²) in [6.07, 6.45) is -0.880. The van der Waals surface area contributed by atoms with Gasteiger partial charge in [-0.25, -0.2) is 9.97 Å². The first kappa shape index (κ1) is 17.0. The van der Waals surface area contributed by atoms with Crippen LogP contribution in [0.25, 0.3) is 11.4 Å². The molecule has 8 heteroatoms. The molecule has 0 aliphatic carbocycles. The molecule has 0 amide bonds. The lowest BCUT2D eigenvalue weighted by molar-refractivity contribution is -0.384. The monoisotopic (exact) mass is 359 g/mol. The molecule has 1 N–H and O–H groups in total. The van der Waals surface area contributed by atoms with Crippen LogP contribution in [0.3, 0.4) is 0 Å². The molecule has 0 radical (unpaired) electrons. The third kappa shape index (κ3) is 3.18. The lowest BCUT2D eigenvalue weighted by Crippen LogP contribution is -2.38. The van der Waals surface area contributed by atoms with Gasteiger partial charge in [0.15, 0.2) is 23.7 Å². The van der Waals surface area contributed by atoms with Gasteiger partial charge in [-0.2, -0.15) is 0 Å². The second-order valence-electron chi connectivity index (χ2n) is 6.11. The number of phenolic OH excluding ortho intramolecular Hbond substituents is 1. The molecular weight excluding hydrogens is 338 g/mol. The number of benzene rings is 1. The average molecular weight is 359 g/mol. The maximum Gasteiger partial charge on any atom is 0.210 e. The standard InChI is InChI=1S/C18H21N3O5/c1-11-25-18(26-11)14-15(23-2)17(21-6-8-24-9-7-21)20-16(19-14)12-4-3-5-13(22)10-12/h3-5,10-11,18,22H,6-9H2,1-2H3. The summed E-state index contributed by atoms with van der Waals surface area (Å²) in [7, 11) is 1.59. The number of anilines is 1. The maximum atomic E-state index is 9.81. The number of aromatic nitrogens is 2. The summed E-state index contributed by atoms with van der Waals surface area (Å²) >= 11 is 0. The third-order valence-corrected chi connectivity index (χ3v) is 4.35. The highest BCUT2D eigenvalue weighted by molar-refractivity contribution is 5.64. The van der Waals surface area contributed by atoms with Crippen LogP contribution in [0.15, 0.2) is 24.3 Å². The Hall–Kier alpha value is -2.42.